The van der Waals surface area contributed by atoms with Gasteiger partial charge in [-0.25, -0.2) is 5.32 Å². The summed E-state index contributed by atoms with van der Waals surface area (Å²) < 4.78 is 0. The lowest BCUT2D eigenvalue weighted by Gasteiger charge is -2.01. The molecule has 0 fully saturated rings. The molecule has 2 rings (SSSR count). The van der Waals surface area contributed by atoms with E-state index in [4.69, 9.17) is 0 Å². The van der Waals surface area contributed by atoms with Crippen molar-refractivity contribution in [2.75, 3.05) is 0 Å². The summed E-state index contributed by atoms with van der Waals surface area (Å²) in [6, 6.07) is 4.22. The summed E-state index contributed by atoms with van der Waals surface area (Å²) in [5, 5.41) is 2.14. The van der Waals surface area contributed by atoms with E-state index in [1.54, 1.807) is 0 Å². The van der Waals surface area contributed by atoms with E-state index in [1.807, 2.05) is 12.3 Å². The number of fused-ring (bicyclic) bond motifs is 1. The number of aromatic amines is 1. The molecule has 2 heterocycles. The third kappa shape index (κ3) is 1.04. The number of allylic oxidation sites excluding steroid dienone is 1. The van der Waals surface area contributed by atoms with Gasteiger partial charge < -0.3 is 0 Å². The van der Waals surface area contributed by atoms with Gasteiger partial charge in [-0.15, -0.1) is 0 Å². The average Bonchev–Trinajstić information content (AvgIpc) is 2.47. The van der Waals surface area contributed by atoms with Crippen LogP contribution in [0.5, 0.6) is 0 Å². The summed E-state index contributed by atoms with van der Waals surface area (Å²) >= 11 is 0. The van der Waals surface area contributed by atoms with Gasteiger partial charge >= 0.3 is 5.82 Å². The van der Waals surface area contributed by atoms with E-state index in [9.17, 15) is 0 Å². The Morgan fingerprint density at radius 3 is 3.00 bits per heavy atom. The normalized spacial score (nSPS) is 14.8. The summed E-state index contributed by atoms with van der Waals surface area (Å²) in [5.41, 5.74) is 2.79. The van der Waals surface area contributed by atoms with Crippen LogP contribution >= 0.6 is 0 Å². The predicted molar refractivity (Wildman–Crippen MR) is 47.4 cm³/mol. The Hall–Kier alpha value is -1.15. The molecule has 2 nitrogen and oxygen atoms in total. The molecule has 1 aromatic heterocycles. The SMILES string of the molecule is CC(C)C1=C[NH2+]c2[nH+]cccc21. The third-order valence-electron chi connectivity index (χ3n) is 2.25. The van der Waals surface area contributed by atoms with Gasteiger partial charge in [0.1, 0.15) is 11.8 Å². The number of hydrogen-bond donors (Lipinski definition) is 1. The van der Waals surface area contributed by atoms with Crippen LogP contribution in [0, 0.1) is 5.92 Å². The quantitative estimate of drug-likeness (QED) is 0.630. The third-order valence-corrected chi connectivity index (χ3v) is 2.25. The molecule has 0 unspecified atom stereocenters. The molecule has 1 aliphatic rings. The van der Waals surface area contributed by atoms with E-state index >= 15 is 0 Å². The highest BCUT2D eigenvalue weighted by molar-refractivity contribution is 5.72. The minimum absolute atomic E-state index is 0.610. The molecular formula is C10H14N2+2. The number of hydrogen-bond acceptors (Lipinski definition) is 0. The van der Waals surface area contributed by atoms with Gasteiger partial charge in [0.25, 0.3) is 0 Å². The van der Waals surface area contributed by atoms with Crippen LogP contribution in [0.15, 0.2) is 24.5 Å². The maximum atomic E-state index is 3.23. The Bertz CT molecular complexity index is 326. The number of quaternary nitrogens is 1. The molecule has 0 amide bonds. The summed E-state index contributed by atoms with van der Waals surface area (Å²) in [6.45, 7) is 4.45. The van der Waals surface area contributed by atoms with E-state index in [0.29, 0.717) is 5.92 Å². The van der Waals surface area contributed by atoms with Gasteiger partial charge in [0.05, 0.1) is 0 Å². The standard InChI is InChI=1S/C10H12N2/c1-7(2)9-6-12-10-8(9)4-3-5-11-10/h3-7H,1-2H3,(H,11,12)/p+2. The predicted octanol–water partition coefficient (Wildman–Crippen LogP) is 0.706. The van der Waals surface area contributed by atoms with Crippen molar-refractivity contribution in [3.8, 4) is 0 Å². The van der Waals surface area contributed by atoms with Crippen LogP contribution in [0.2, 0.25) is 0 Å². The van der Waals surface area contributed by atoms with Crippen molar-refractivity contribution in [1.29, 1.82) is 0 Å². The molecule has 0 aliphatic carbocycles. The van der Waals surface area contributed by atoms with Crippen LogP contribution in [-0.4, -0.2) is 0 Å². The molecule has 0 saturated heterocycles. The Morgan fingerprint density at radius 2 is 2.25 bits per heavy atom. The second-order valence-electron chi connectivity index (χ2n) is 3.44. The molecule has 12 heavy (non-hydrogen) atoms. The molecule has 0 spiro atoms. The molecule has 3 N–H and O–H groups in total. The first-order chi connectivity index (χ1) is 5.79. The number of H-pyrrole nitrogens is 1. The minimum Gasteiger partial charge on any atom is -0.231 e. The monoisotopic (exact) mass is 162 g/mol. The Balaban J connectivity index is 2.45. The lowest BCUT2D eigenvalue weighted by Crippen LogP contribution is -2.72. The zero-order valence-corrected chi connectivity index (χ0v) is 7.46. The minimum atomic E-state index is 0.610. The molecule has 1 aromatic rings. The molecule has 0 saturated carbocycles. The molecule has 0 aromatic carbocycles. The van der Waals surface area contributed by atoms with Gasteiger partial charge in [-0.05, 0) is 12.0 Å². The van der Waals surface area contributed by atoms with Crippen molar-refractivity contribution in [2.24, 2.45) is 5.92 Å². The highest BCUT2D eigenvalue weighted by Crippen LogP contribution is 2.26. The van der Waals surface area contributed by atoms with Gasteiger partial charge in [0.15, 0.2) is 6.20 Å². The first-order valence-electron chi connectivity index (χ1n) is 4.35. The van der Waals surface area contributed by atoms with Crippen LogP contribution in [0.25, 0.3) is 5.57 Å². The molecule has 0 bridgehead atoms. The summed E-state index contributed by atoms with van der Waals surface area (Å²) in [5.74, 6) is 1.85. The smallest absolute Gasteiger partial charge is 0.231 e. The van der Waals surface area contributed by atoms with Crippen molar-refractivity contribution in [3.05, 3.63) is 30.1 Å². The van der Waals surface area contributed by atoms with Gasteiger partial charge in [0.2, 0.25) is 0 Å². The first kappa shape index (κ1) is 7.50. The van der Waals surface area contributed by atoms with Crippen molar-refractivity contribution in [3.63, 3.8) is 0 Å². The van der Waals surface area contributed by atoms with Gasteiger partial charge in [-0.3, -0.25) is 0 Å². The van der Waals surface area contributed by atoms with Crippen molar-refractivity contribution < 1.29 is 10.3 Å². The largest absolute Gasteiger partial charge is 0.376 e. The summed E-state index contributed by atoms with van der Waals surface area (Å²) in [6.07, 6.45) is 4.16. The van der Waals surface area contributed by atoms with Gasteiger partial charge in [-0.1, -0.05) is 13.8 Å². The van der Waals surface area contributed by atoms with Crippen molar-refractivity contribution >= 4 is 11.4 Å². The maximum absolute atomic E-state index is 3.23. The van der Waals surface area contributed by atoms with Crippen LogP contribution < -0.4 is 10.3 Å². The van der Waals surface area contributed by atoms with Gasteiger partial charge in [0, 0.05) is 11.6 Å². The number of nitrogens with two attached hydrogens (primary N) is 1. The number of pyridine rings is 1. The zero-order chi connectivity index (χ0) is 8.55. The van der Waals surface area contributed by atoms with E-state index in [0.717, 1.165) is 0 Å². The van der Waals surface area contributed by atoms with E-state index in [-0.39, 0.29) is 0 Å². The number of rotatable bonds is 1. The zero-order valence-electron chi connectivity index (χ0n) is 7.46. The van der Waals surface area contributed by atoms with Crippen LogP contribution in [-0.2, 0) is 0 Å². The number of nitrogens with one attached hydrogen (secondary N) is 1. The lowest BCUT2D eigenvalue weighted by molar-refractivity contribution is -0.592. The van der Waals surface area contributed by atoms with Crippen molar-refractivity contribution in [2.45, 2.75) is 13.8 Å². The fourth-order valence-corrected chi connectivity index (χ4v) is 1.61. The highest BCUT2D eigenvalue weighted by atomic mass is 15.0. The van der Waals surface area contributed by atoms with Crippen molar-refractivity contribution in [1.82, 2.24) is 0 Å². The summed E-state index contributed by atoms with van der Waals surface area (Å²) in [4.78, 5) is 3.23. The summed E-state index contributed by atoms with van der Waals surface area (Å²) in [7, 11) is 0. The van der Waals surface area contributed by atoms with E-state index in [1.165, 1.54) is 17.0 Å². The topological polar surface area (TPSA) is 30.8 Å². The lowest BCUT2D eigenvalue weighted by atomic mass is 9.99. The second-order valence-corrected chi connectivity index (χ2v) is 3.44. The van der Waals surface area contributed by atoms with E-state index in [2.05, 4.69) is 36.4 Å². The van der Waals surface area contributed by atoms with Gasteiger partial charge in [-0.2, -0.15) is 4.98 Å². The molecule has 0 atom stereocenters. The molecule has 2 heteroatoms. The fourth-order valence-electron chi connectivity index (χ4n) is 1.61. The maximum Gasteiger partial charge on any atom is 0.376 e. The molecular weight excluding hydrogens is 148 g/mol. The Morgan fingerprint density at radius 1 is 1.42 bits per heavy atom. The van der Waals surface area contributed by atoms with Crippen LogP contribution in [0.1, 0.15) is 19.4 Å². The average molecular weight is 162 g/mol. The second kappa shape index (κ2) is 2.72. The molecule has 0 radical (unpaired) electrons. The van der Waals surface area contributed by atoms with Crippen LogP contribution in [0.4, 0.5) is 5.82 Å². The number of aromatic nitrogens is 1. The molecule has 1 aliphatic heterocycles. The van der Waals surface area contributed by atoms with E-state index < -0.39 is 0 Å². The van der Waals surface area contributed by atoms with Crippen LogP contribution in [0.3, 0.4) is 0 Å². The fraction of sp³-hybridized carbons (Fsp3) is 0.300. The Kier molecular flexibility index (Phi) is 1.70. The highest BCUT2D eigenvalue weighted by Gasteiger charge is 2.25. The molecule has 62 valence electrons. The first-order valence-corrected chi connectivity index (χ1v) is 4.35. The Labute approximate surface area is 72.3 Å².